The van der Waals surface area contributed by atoms with Crippen molar-refractivity contribution in [3.05, 3.63) is 24.3 Å². The van der Waals surface area contributed by atoms with Gasteiger partial charge in [0.15, 0.2) is 0 Å². The highest BCUT2D eigenvalue weighted by Crippen LogP contribution is 2.52. The molecule has 0 fully saturated rings. The van der Waals surface area contributed by atoms with Gasteiger partial charge in [0.05, 0.1) is 0 Å². The van der Waals surface area contributed by atoms with Crippen LogP contribution in [0.1, 0.15) is 20.3 Å². The Hall–Kier alpha value is -1.17. The van der Waals surface area contributed by atoms with Gasteiger partial charge in [0, 0.05) is 6.42 Å². The van der Waals surface area contributed by atoms with Crippen molar-refractivity contribution in [3.8, 4) is 12.3 Å². The number of hydrogen-bond donors (Lipinski definition) is 0. The smallest absolute Gasteiger partial charge is 0.170 e. The van der Waals surface area contributed by atoms with Crippen LogP contribution in [-0.4, -0.2) is 6.18 Å². The van der Waals surface area contributed by atoms with E-state index in [0.717, 1.165) is 0 Å². The first kappa shape index (κ1) is 12.9. The zero-order valence-corrected chi connectivity index (χ0v) is 9.38. The Bertz CT molecular complexity index is 341. The molecule has 0 aromatic heterocycles. The molecule has 0 nitrogen and oxygen atoms in total. The lowest BCUT2D eigenvalue weighted by Crippen LogP contribution is -2.44. The van der Waals surface area contributed by atoms with E-state index in [1.807, 2.05) is 0 Å². The summed E-state index contributed by atoms with van der Waals surface area (Å²) in [6, 6.07) is 0. The number of hydrogen-bond acceptors (Lipinski definition) is 0. The average Bonchev–Trinajstić information content (AvgIpc) is 2.16. The van der Waals surface area contributed by atoms with E-state index >= 15 is 0 Å². The maximum atomic E-state index is 13.2. The molecule has 1 aliphatic rings. The summed E-state index contributed by atoms with van der Waals surface area (Å²) >= 11 is 0. The molecule has 0 radical (unpaired) electrons. The van der Waals surface area contributed by atoms with Crippen LogP contribution < -0.4 is 0 Å². The van der Waals surface area contributed by atoms with E-state index in [-0.39, 0.29) is 12.3 Å². The molecular formula is C13H15F3. The zero-order valence-electron chi connectivity index (χ0n) is 9.38. The van der Waals surface area contributed by atoms with Crippen molar-refractivity contribution in [2.45, 2.75) is 26.4 Å². The Balaban J connectivity index is 3.23. The van der Waals surface area contributed by atoms with Gasteiger partial charge in [-0.3, -0.25) is 0 Å². The minimum Gasteiger partial charge on any atom is -0.170 e. The average molecular weight is 228 g/mol. The Morgan fingerprint density at radius 2 is 2.00 bits per heavy atom. The van der Waals surface area contributed by atoms with Crippen molar-refractivity contribution in [3.63, 3.8) is 0 Å². The first-order valence-electron chi connectivity index (χ1n) is 5.21. The van der Waals surface area contributed by atoms with Gasteiger partial charge in [-0.15, -0.1) is 12.3 Å². The van der Waals surface area contributed by atoms with Gasteiger partial charge < -0.3 is 0 Å². The fraction of sp³-hybridized carbons (Fsp3) is 0.538. The van der Waals surface area contributed by atoms with Gasteiger partial charge in [0.2, 0.25) is 0 Å². The van der Waals surface area contributed by atoms with Crippen LogP contribution >= 0.6 is 0 Å². The summed E-state index contributed by atoms with van der Waals surface area (Å²) in [5.74, 6) is 1.47. The molecular weight excluding hydrogens is 213 g/mol. The molecule has 2 atom stereocenters. The van der Waals surface area contributed by atoms with Crippen molar-refractivity contribution in [1.82, 2.24) is 0 Å². The van der Waals surface area contributed by atoms with E-state index in [1.54, 1.807) is 26.0 Å². The molecule has 0 aromatic rings. The molecule has 0 aliphatic heterocycles. The quantitative estimate of drug-likeness (QED) is 0.627. The van der Waals surface area contributed by atoms with Crippen molar-refractivity contribution >= 4 is 0 Å². The van der Waals surface area contributed by atoms with Crippen molar-refractivity contribution in [1.29, 1.82) is 0 Å². The van der Waals surface area contributed by atoms with Gasteiger partial charge in [-0.25, -0.2) is 0 Å². The van der Waals surface area contributed by atoms with Crippen molar-refractivity contribution in [2.24, 2.45) is 17.3 Å². The van der Waals surface area contributed by atoms with Crippen LogP contribution in [-0.2, 0) is 0 Å². The van der Waals surface area contributed by atoms with Gasteiger partial charge in [0.1, 0.15) is 5.41 Å². The molecule has 0 aromatic carbocycles. The predicted octanol–water partition coefficient (Wildman–Crippen LogP) is 3.96. The normalized spacial score (nSPS) is 29.4. The summed E-state index contributed by atoms with van der Waals surface area (Å²) in [5.41, 5.74) is -1.90. The fourth-order valence-corrected chi connectivity index (χ4v) is 2.24. The molecule has 0 saturated heterocycles. The molecule has 0 heterocycles. The number of halogens is 3. The third-order valence-corrected chi connectivity index (χ3v) is 3.06. The van der Waals surface area contributed by atoms with Crippen LogP contribution in [0.2, 0.25) is 0 Å². The Kier molecular flexibility index (Phi) is 3.52. The second kappa shape index (κ2) is 4.37. The lowest BCUT2D eigenvalue weighted by molar-refractivity contribution is -0.221. The maximum Gasteiger partial charge on any atom is 0.399 e. The first-order chi connectivity index (χ1) is 7.35. The SMILES string of the molecule is C#CCC1(C(F)(F)F)C=CC=CC1C(C)C. The molecule has 0 bridgehead atoms. The minimum absolute atomic E-state index is 0.101. The Morgan fingerprint density at radius 1 is 1.38 bits per heavy atom. The molecule has 0 N–H and O–H groups in total. The van der Waals surface area contributed by atoms with E-state index in [4.69, 9.17) is 6.42 Å². The molecule has 0 amide bonds. The number of alkyl halides is 3. The second-order valence-electron chi connectivity index (χ2n) is 4.43. The highest BCUT2D eigenvalue weighted by Gasteiger charge is 2.57. The van der Waals surface area contributed by atoms with Gasteiger partial charge in [-0.2, -0.15) is 13.2 Å². The number of terminal acetylenes is 1. The van der Waals surface area contributed by atoms with Gasteiger partial charge in [0.25, 0.3) is 0 Å². The van der Waals surface area contributed by atoms with Crippen LogP contribution in [0.25, 0.3) is 0 Å². The molecule has 0 spiro atoms. The van der Waals surface area contributed by atoms with E-state index < -0.39 is 17.5 Å². The minimum atomic E-state index is -4.31. The van der Waals surface area contributed by atoms with E-state index in [1.165, 1.54) is 12.2 Å². The summed E-state index contributed by atoms with van der Waals surface area (Å²) in [6.07, 6.45) is 6.38. The van der Waals surface area contributed by atoms with Gasteiger partial charge in [-0.1, -0.05) is 38.2 Å². The fourth-order valence-electron chi connectivity index (χ4n) is 2.24. The summed E-state index contributed by atoms with van der Waals surface area (Å²) in [7, 11) is 0. The van der Waals surface area contributed by atoms with Crippen LogP contribution in [0, 0.1) is 29.6 Å². The molecule has 88 valence electrons. The summed E-state index contributed by atoms with van der Waals surface area (Å²) in [6.45, 7) is 3.57. The third-order valence-electron chi connectivity index (χ3n) is 3.06. The van der Waals surface area contributed by atoms with Crippen LogP contribution in [0.4, 0.5) is 13.2 Å². The predicted molar refractivity (Wildman–Crippen MR) is 58.5 cm³/mol. The highest BCUT2D eigenvalue weighted by molar-refractivity contribution is 5.25. The molecule has 2 unspecified atom stereocenters. The summed E-state index contributed by atoms with van der Waals surface area (Å²) in [4.78, 5) is 0. The topological polar surface area (TPSA) is 0 Å². The molecule has 1 aliphatic carbocycles. The van der Waals surface area contributed by atoms with Crippen molar-refractivity contribution in [2.75, 3.05) is 0 Å². The maximum absolute atomic E-state index is 13.2. The largest absolute Gasteiger partial charge is 0.399 e. The third kappa shape index (κ3) is 2.02. The monoisotopic (exact) mass is 228 g/mol. The first-order valence-corrected chi connectivity index (χ1v) is 5.21. The van der Waals surface area contributed by atoms with Crippen LogP contribution in [0.15, 0.2) is 24.3 Å². The van der Waals surface area contributed by atoms with Gasteiger partial charge >= 0.3 is 6.18 Å². The Morgan fingerprint density at radius 3 is 2.44 bits per heavy atom. The molecule has 1 rings (SSSR count). The van der Waals surface area contributed by atoms with Crippen molar-refractivity contribution < 1.29 is 13.2 Å². The molecule has 0 saturated carbocycles. The lowest BCUT2D eigenvalue weighted by atomic mass is 9.66. The number of allylic oxidation sites excluding steroid dienone is 4. The molecule has 16 heavy (non-hydrogen) atoms. The standard InChI is InChI=1S/C13H15F3/c1-4-8-12(13(14,15)16)9-6-5-7-11(12)10(2)3/h1,5-7,9-11H,8H2,2-3H3. The molecule has 3 heteroatoms. The highest BCUT2D eigenvalue weighted by atomic mass is 19.4. The van der Waals surface area contributed by atoms with E-state index in [0.29, 0.717) is 0 Å². The Labute approximate surface area is 94.2 Å². The van der Waals surface area contributed by atoms with E-state index in [9.17, 15) is 13.2 Å². The lowest BCUT2D eigenvalue weighted by Gasteiger charge is -2.41. The zero-order chi connectivity index (χ0) is 12.4. The second-order valence-corrected chi connectivity index (χ2v) is 4.43. The number of rotatable bonds is 2. The van der Waals surface area contributed by atoms with E-state index in [2.05, 4.69) is 5.92 Å². The van der Waals surface area contributed by atoms with Crippen LogP contribution in [0.5, 0.6) is 0 Å². The summed E-state index contributed by atoms with van der Waals surface area (Å²) in [5, 5.41) is 0. The van der Waals surface area contributed by atoms with Crippen LogP contribution in [0.3, 0.4) is 0 Å². The van der Waals surface area contributed by atoms with Gasteiger partial charge in [-0.05, 0) is 11.8 Å². The summed E-state index contributed by atoms with van der Waals surface area (Å²) < 4.78 is 39.6.